The average Bonchev–Trinajstić information content (AvgIpc) is 1.52. The summed E-state index contributed by atoms with van der Waals surface area (Å²) in [6.07, 6.45) is 39.1. The van der Waals surface area contributed by atoms with Gasteiger partial charge in [-0.05, 0) is 241 Å². The third-order valence-electron chi connectivity index (χ3n) is 25.9. The van der Waals surface area contributed by atoms with Gasteiger partial charge in [0.05, 0.1) is 0 Å². The maximum Gasteiger partial charge on any atom is 0.0215 e. The Balaban J connectivity index is 0.949. The van der Waals surface area contributed by atoms with Gasteiger partial charge in [0.1, 0.15) is 0 Å². The molecule has 0 aliphatic heterocycles. The zero-order chi connectivity index (χ0) is 68.6. The molecule has 0 N–H and O–H groups in total. The van der Waals surface area contributed by atoms with E-state index in [1.54, 1.807) is 44.5 Å². The van der Waals surface area contributed by atoms with Crippen LogP contribution in [0.25, 0.3) is 110 Å². The Morgan fingerprint density at radius 3 is 0.800 bits per heavy atom. The van der Waals surface area contributed by atoms with Crippen LogP contribution in [0.1, 0.15) is 293 Å². The molecule has 0 heterocycles. The summed E-state index contributed by atoms with van der Waals surface area (Å²) in [4.78, 5) is 0. The Labute approximate surface area is 602 Å². The van der Waals surface area contributed by atoms with E-state index in [-0.39, 0.29) is 21.7 Å². The van der Waals surface area contributed by atoms with E-state index in [1.165, 1.54) is 302 Å². The summed E-state index contributed by atoms with van der Waals surface area (Å²) < 4.78 is 0. The number of hydrogen-bond donors (Lipinski definition) is 0. The fourth-order valence-electron chi connectivity index (χ4n) is 20.3. The van der Waals surface area contributed by atoms with E-state index in [0.29, 0.717) is 0 Å². The molecule has 4 aliphatic rings. The first kappa shape index (κ1) is 68.2. The van der Waals surface area contributed by atoms with E-state index in [4.69, 9.17) is 0 Å². The van der Waals surface area contributed by atoms with Crippen molar-refractivity contribution in [1.82, 2.24) is 0 Å². The largest absolute Gasteiger partial charge is 0.0654 e. The highest BCUT2D eigenvalue weighted by Crippen LogP contribution is 2.66. The molecule has 4 aliphatic carbocycles. The predicted octanol–water partition coefficient (Wildman–Crippen LogP) is 30.6. The molecule has 0 bridgehead atoms. The lowest BCUT2D eigenvalue weighted by Gasteiger charge is -2.35. The summed E-state index contributed by atoms with van der Waals surface area (Å²) in [5.74, 6) is 0. The zero-order valence-electron chi connectivity index (χ0n) is 62.5. The molecule has 11 aromatic rings. The van der Waals surface area contributed by atoms with E-state index >= 15 is 0 Å². The van der Waals surface area contributed by atoms with Crippen LogP contribution in [-0.2, 0) is 21.7 Å². The Kier molecular flexibility index (Phi) is 19.8. The molecule has 0 saturated heterocycles. The maximum atomic E-state index is 2.94. The molecular weight excluding hydrogens is 1200 g/mol. The Morgan fingerprint density at radius 2 is 0.470 bits per heavy atom. The molecule has 0 aromatic heterocycles. The number of hydrogen-bond acceptors (Lipinski definition) is 0. The molecule has 0 fully saturated rings. The summed E-state index contributed by atoms with van der Waals surface area (Å²) in [5, 5.41) is 10.7. The second kappa shape index (κ2) is 29.1. The van der Waals surface area contributed by atoms with E-state index in [9.17, 15) is 0 Å². The van der Waals surface area contributed by atoms with Gasteiger partial charge in [-0.15, -0.1) is 0 Å². The van der Waals surface area contributed by atoms with E-state index < -0.39 is 0 Å². The second-order valence-electron chi connectivity index (χ2n) is 32.9. The molecule has 514 valence electrons. The smallest absolute Gasteiger partial charge is 0.0215 e. The van der Waals surface area contributed by atoms with Crippen LogP contribution < -0.4 is 0 Å². The average molecular weight is 1320 g/mol. The molecule has 0 atom stereocenters. The number of benzene rings is 11. The Hall–Kier alpha value is -7.54. The van der Waals surface area contributed by atoms with Gasteiger partial charge in [0, 0.05) is 21.7 Å². The van der Waals surface area contributed by atoms with Crippen molar-refractivity contribution in [1.29, 1.82) is 0 Å². The van der Waals surface area contributed by atoms with Gasteiger partial charge in [-0.1, -0.05) is 344 Å². The number of unbranched alkanes of at least 4 members (excludes halogenated alkanes) is 22. The molecular formula is C100H114. The highest BCUT2D eigenvalue weighted by atomic mass is 14.5. The Morgan fingerprint density at radius 1 is 0.210 bits per heavy atom. The number of rotatable bonds is 32. The highest BCUT2D eigenvalue weighted by Gasteiger charge is 2.51. The monoisotopic (exact) mass is 1310 g/mol. The molecule has 0 radical (unpaired) electrons. The first-order chi connectivity index (χ1) is 48.9. The van der Waals surface area contributed by atoms with Crippen molar-refractivity contribution in [2.45, 2.75) is 270 Å². The zero-order valence-corrected chi connectivity index (χ0v) is 62.5. The lowest BCUT2D eigenvalue weighted by molar-refractivity contribution is 0.394. The third-order valence-corrected chi connectivity index (χ3v) is 25.9. The summed E-state index contributed by atoms with van der Waals surface area (Å²) >= 11 is 0. The van der Waals surface area contributed by atoms with Crippen LogP contribution in [0.4, 0.5) is 0 Å². The van der Waals surface area contributed by atoms with Crippen molar-refractivity contribution in [2.24, 2.45) is 0 Å². The van der Waals surface area contributed by atoms with Crippen molar-refractivity contribution < 1.29 is 0 Å². The normalized spacial score (nSPS) is 15.1. The quantitative estimate of drug-likeness (QED) is 0.0369. The predicted molar refractivity (Wildman–Crippen MR) is 436 cm³/mol. The number of fused-ring (bicyclic) bond motifs is 18. The van der Waals surface area contributed by atoms with Crippen LogP contribution in [0, 0.1) is 0 Å². The van der Waals surface area contributed by atoms with Gasteiger partial charge in [-0.25, -0.2) is 0 Å². The highest BCUT2D eigenvalue weighted by molar-refractivity contribution is 6.12. The van der Waals surface area contributed by atoms with Crippen molar-refractivity contribution in [2.75, 3.05) is 0 Å². The van der Waals surface area contributed by atoms with Crippen LogP contribution in [0.15, 0.2) is 182 Å². The molecule has 11 aromatic carbocycles. The van der Waals surface area contributed by atoms with Gasteiger partial charge >= 0.3 is 0 Å². The SMILES string of the molecule is CCCCCCCCCC1(CCCCCCCCC)c2cc3c(cc2-c2cc4c(cc21)-c1cc2c(cc1C4(CCCCCCCC)CCCCCCCC)-c1c(cc(-c4ccc5ccccc5c4)c4ccccc14)C2(C)C)C(C)(C)c1cc(-c2ccc4ccccc4c2)c2ccccc2c1-3. The van der Waals surface area contributed by atoms with Crippen LogP contribution in [0.3, 0.4) is 0 Å². The van der Waals surface area contributed by atoms with Crippen molar-refractivity contribution in [3.8, 4) is 66.8 Å². The fraction of sp³-hybridized carbons (Fsp3) is 0.420. The molecule has 0 unspecified atom stereocenters. The Bertz CT molecular complexity index is 4770. The standard InChI is InChI=1S/C100H114/c1-9-13-17-21-25-29-41-57-100(58-42-30-26-22-18-14-10-2)90-66-83-81-63-87-85(95-77-49-37-35-47-75(77)79(61-93(95)97(87,5)6)73-53-51-69-43-31-33-45-71(69)59-73)67-91(81)99(55-39-27-23-19-15-11-3,56-40-28-24-20-16-12-4)89(83)65-84(90)82-64-88-86(68-92(82)100)96-78-50-38-36-48-76(78)80(62-94(96)98(88,7)8)74-54-52-70-44-32-34-46-72(70)60-74/h31-38,43-54,59-68H,9-30,39-42,55-58H2,1-8H3. The fourth-order valence-corrected chi connectivity index (χ4v) is 20.3. The molecule has 0 spiro atoms. The molecule has 0 nitrogen and oxygen atoms in total. The minimum Gasteiger partial charge on any atom is -0.0654 e. The van der Waals surface area contributed by atoms with Crippen LogP contribution >= 0.6 is 0 Å². The van der Waals surface area contributed by atoms with E-state index in [2.05, 4.69) is 237 Å². The molecule has 0 amide bonds. The third kappa shape index (κ3) is 12.1. The topological polar surface area (TPSA) is 0 Å². The van der Waals surface area contributed by atoms with Crippen molar-refractivity contribution >= 4 is 43.1 Å². The minimum atomic E-state index is -0.214. The summed E-state index contributed by atoms with van der Waals surface area (Å²) in [7, 11) is 0. The summed E-state index contributed by atoms with van der Waals surface area (Å²) in [6, 6.07) is 73.6. The van der Waals surface area contributed by atoms with Gasteiger partial charge in [0.2, 0.25) is 0 Å². The lowest BCUT2D eigenvalue weighted by Crippen LogP contribution is -2.27. The van der Waals surface area contributed by atoms with Gasteiger partial charge in [0.15, 0.2) is 0 Å². The van der Waals surface area contributed by atoms with Crippen LogP contribution in [0.5, 0.6) is 0 Å². The molecule has 0 saturated carbocycles. The molecule has 15 rings (SSSR count). The van der Waals surface area contributed by atoms with E-state index in [0.717, 1.165) is 0 Å². The van der Waals surface area contributed by atoms with Crippen LogP contribution in [-0.4, -0.2) is 0 Å². The summed E-state index contributed by atoms with van der Waals surface area (Å²) in [5.41, 5.74) is 29.4. The second-order valence-corrected chi connectivity index (χ2v) is 32.9. The lowest BCUT2D eigenvalue weighted by atomic mass is 9.68. The van der Waals surface area contributed by atoms with Gasteiger partial charge < -0.3 is 0 Å². The maximum absolute atomic E-state index is 2.94. The first-order valence-corrected chi connectivity index (χ1v) is 40.6. The summed E-state index contributed by atoms with van der Waals surface area (Å²) in [6.45, 7) is 19.8. The van der Waals surface area contributed by atoms with E-state index in [1.807, 2.05) is 0 Å². The van der Waals surface area contributed by atoms with Crippen LogP contribution in [0.2, 0.25) is 0 Å². The molecule has 0 heteroatoms. The van der Waals surface area contributed by atoms with Gasteiger partial charge in [-0.3, -0.25) is 0 Å². The van der Waals surface area contributed by atoms with Crippen molar-refractivity contribution in [3.05, 3.63) is 226 Å². The molecule has 100 heavy (non-hydrogen) atoms. The van der Waals surface area contributed by atoms with Crippen molar-refractivity contribution in [3.63, 3.8) is 0 Å². The first-order valence-electron chi connectivity index (χ1n) is 40.6. The van der Waals surface area contributed by atoms with Gasteiger partial charge in [0.25, 0.3) is 0 Å². The van der Waals surface area contributed by atoms with Gasteiger partial charge in [-0.2, -0.15) is 0 Å². The minimum absolute atomic E-state index is 0.106.